The topological polar surface area (TPSA) is 85.3 Å². The minimum Gasteiger partial charge on any atom is -0.465 e. The van der Waals surface area contributed by atoms with E-state index in [1.807, 2.05) is 0 Å². The van der Waals surface area contributed by atoms with Crippen molar-refractivity contribution in [3.63, 3.8) is 0 Å². The van der Waals surface area contributed by atoms with Gasteiger partial charge in [-0.1, -0.05) is 46.0 Å². The van der Waals surface area contributed by atoms with E-state index >= 15 is 0 Å². The number of carbonyl (C=O) groups is 3. The van der Waals surface area contributed by atoms with Gasteiger partial charge in [0.15, 0.2) is 0 Å². The standard InChI is InChI=1S/C20H34N2O5/c1-3-5-7-10-17-16-18(11-8-6-4-2)27-22(21-17)19(24)13-15-26-20(25)12-9-14-23/h14,18H,3-13,15-16H2,1-2H3. The Kier molecular flexibility index (Phi) is 12.3. The van der Waals surface area contributed by atoms with Crippen LogP contribution in [0.1, 0.15) is 90.9 Å². The van der Waals surface area contributed by atoms with Crippen molar-refractivity contribution in [3.8, 4) is 0 Å². The Hall–Kier alpha value is -1.76. The summed E-state index contributed by atoms with van der Waals surface area (Å²) in [7, 11) is 0. The predicted molar refractivity (Wildman–Crippen MR) is 103 cm³/mol. The van der Waals surface area contributed by atoms with E-state index in [4.69, 9.17) is 9.57 Å². The zero-order valence-electron chi connectivity index (χ0n) is 16.8. The average molecular weight is 383 g/mol. The van der Waals surface area contributed by atoms with Gasteiger partial charge in [0, 0.05) is 18.6 Å². The summed E-state index contributed by atoms with van der Waals surface area (Å²) in [4.78, 5) is 39.8. The second-order valence-corrected chi connectivity index (χ2v) is 6.89. The molecule has 1 amide bonds. The summed E-state index contributed by atoms with van der Waals surface area (Å²) in [5.74, 6) is -0.790. The molecule has 0 saturated carbocycles. The van der Waals surface area contributed by atoms with Crippen LogP contribution in [-0.2, 0) is 24.0 Å². The van der Waals surface area contributed by atoms with E-state index in [1.165, 1.54) is 0 Å². The van der Waals surface area contributed by atoms with Gasteiger partial charge in [-0.3, -0.25) is 9.59 Å². The first-order valence-corrected chi connectivity index (χ1v) is 10.3. The van der Waals surface area contributed by atoms with E-state index in [1.54, 1.807) is 0 Å². The largest absolute Gasteiger partial charge is 0.465 e. The van der Waals surface area contributed by atoms with Gasteiger partial charge < -0.3 is 9.53 Å². The Balaban J connectivity index is 2.53. The second kappa shape index (κ2) is 14.3. The molecule has 0 saturated heterocycles. The second-order valence-electron chi connectivity index (χ2n) is 6.89. The third kappa shape index (κ3) is 10.2. The number of ether oxygens (including phenoxy) is 1. The lowest BCUT2D eigenvalue weighted by molar-refractivity contribution is -0.213. The highest BCUT2D eigenvalue weighted by molar-refractivity contribution is 5.87. The number of amides is 1. The lowest BCUT2D eigenvalue weighted by atomic mass is 10.0. The van der Waals surface area contributed by atoms with Crippen molar-refractivity contribution in [3.05, 3.63) is 0 Å². The first kappa shape index (κ1) is 23.3. The van der Waals surface area contributed by atoms with Crippen molar-refractivity contribution in [2.75, 3.05) is 6.61 Å². The van der Waals surface area contributed by atoms with Crippen LogP contribution in [0.4, 0.5) is 0 Å². The molecule has 1 heterocycles. The summed E-state index contributed by atoms with van der Waals surface area (Å²) < 4.78 is 4.97. The third-order valence-electron chi connectivity index (χ3n) is 4.40. The van der Waals surface area contributed by atoms with Gasteiger partial charge in [0.05, 0.1) is 18.9 Å². The number of unbranched alkanes of at least 4 members (excludes halogenated alkanes) is 4. The molecule has 27 heavy (non-hydrogen) atoms. The first-order chi connectivity index (χ1) is 13.1. The molecule has 0 fully saturated rings. The number of hydrogen-bond acceptors (Lipinski definition) is 6. The number of hydrogen-bond donors (Lipinski definition) is 0. The molecule has 0 bridgehead atoms. The smallest absolute Gasteiger partial charge is 0.306 e. The van der Waals surface area contributed by atoms with E-state index < -0.39 is 5.97 Å². The fraction of sp³-hybridized carbons (Fsp3) is 0.800. The maximum Gasteiger partial charge on any atom is 0.306 e. The van der Waals surface area contributed by atoms with Crippen LogP contribution in [0.15, 0.2) is 5.10 Å². The third-order valence-corrected chi connectivity index (χ3v) is 4.40. The number of nitrogens with zero attached hydrogens (tertiary/aromatic N) is 2. The molecule has 1 aliphatic rings. The molecule has 7 heteroatoms. The molecule has 0 radical (unpaired) electrons. The molecule has 154 valence electrons. The van der Waals surface area contributed by atoms with Gasteiger partial charge in [0.2, 0.25) is 0 Å². The van der Waals surface area contributed by atoms with Gasteiger partial charge >= 0.3 is 5.97 Å². The summed E-state index contributed by atoms with van der Waals surface area (Å²) >= 11 is 0. The molecule has 7 nitrogen and oxygen atoms in total. The van der Waals surface area contributed by atoms with Crippen LogP contribution in [-0.4, -0.2) is 41.8 Å². The van der Waals surface area contributed by atoms with Gasteiger partial charge in [-0.05, 0) is 19.3 Å². The predicted octanol–water partition coefficient (Wildman–Crippen LogP) is 3.95. The average Bonchev–Trinajstić information content (AvgIpc) is 2.66. The van der Waals surface area contributed by atoms with E-state index in [0.29, 0.717) is 6.29 Å². The lowest BCUT2D eigenvalue weighted by Crippen LogP contribution is -2.38. The first-order valence-electron chi connectivity index (χ1n) is 10.3. The van der Waals surface area contributed by atoms with Gasteiger partial charge in [-0.2, -0.15) is 5.10 Å². The maximum atomic E-state index is 12.4. The van der Waals surface area contributed by atoms with Gasteiger partial charge in [0.1, 0.15) is 12.9 Å². The Morgan fingerprint density at radius 3 is 2.63 bits per heavy atom. The quantitative estimate of drug-likeness (QED) is 0.258. The summed E-state index contributed by atoms with van der Waals surface area (Å²) in [6.07, 6.45) is 10.1. The van der Waals surface area contributed by atoms with Crippen LogP contribution < -0.4 is 0 Å². The zero-order chi connectivity index (χ0) is 19.9. The summed E-state index contributed by atoms with van der Waals surface area (Å²) in [5, 5.41) is 5.47. The highest BCUT2D eigenvalue weighted by Gasteiger charge is 2.26. The van der Waals surface area contributed by atoms with Crippen LogP contribution in [0, 0.1) is 0 Å². The molecule has 0 aromatic heterocycles. The number of aldehydes is 1. The molecular weight excluding hydrogens is 348 g/mol. The van der Waals surface area contributed by atoms with Crippen molar-refractivity contribution < 1.29 is 24.0 Å². The Morgan fingerprint density at radius 2 is 1.93 bits per heavy atom. The number of hydroxylamine groups is 1. The highest BCUT2D eigenvalue weighted by Crippen LogP contribution is 2.21. The van der Waals surface area contributed by atoms with Crippen LogP contribution in [0.3, 0.4) is 0 Å². The number of esters is 1. The SMILES string of the molecule is CCCCCC1=NN(C(=O)CCOC(=O)CCC=O)OC(CCCCC)C1. The van der Waals surface area contributed by atoms with E-state index in [9.17, 15) is 14.4 Å². The Labute approximate surface area is 162 Å². The molecule has 1 rings (SSSR count). The fourth-order valence-corrected chi connectivity index (χ4v) is 2.85. The van der Waals surface area contributed by atoms with Crippen molar-refractivity contribution in [2.45, 2.75) is 97.0 Å². The van der Waals surface area contributed by atoms with Crippen LogP contribution in [0.2, 0.25) is 0 Å². The molecule has 1 aliphatic heterocycles. The van der Waals surface area contributed by atoms with Crippen molar-refractivity contribution in [2.24, 2.45) is 5.10 Å². The van der Waals surface area contributed by atoms with Crippen molar-refractivity contribution >= 4 is 23.9 Å². The van der Waals surface area contributed by atoms with E-state index in [2.05, 4.69) is 18.9 Å². The number of carbonyl (C=O) groups excluding carboxylic acids is 3. The van der Waals surface area contributed by atoms with Crippen molar-refractivity contribution in [1.82, 2.24) is 5.17 Å². The normalized spacial score (nSPS) is 16.7. The van der Waals surface area contributed by atoms with Gasteiger partial charge in [0.25, 0.3) is 5.91 Å². The van der Waals surface area contributed by atoms with E-state index in [0.717, 1.165) is 68.7 Å². The maximum absolute atomic E-state index is 12.4. The van der Waals surface area contributed by atoms with Crippen molar-refractivity contribution in [1.29, 1.82) is 0 Å². The number of hydrazone groups is 1. The minimum absolute atomic E-state index is 0.0141. The molecular formula is C20H34N2O5. The fourth-order valence-electron chi connectivity index (χ4n) is 2.85. The molecule has 1 unspecified atom stereocenters. The minimum atomic E-state index is -0.476. The molecule has 0 spiro atoms. The highest BCUT2D eigenvalue weighted by atomic mass is 16.7. The monoisotopic (exact) mass is 382 g/mol. The number of rotatable bonds is 14. The van der Waals surface area contributed by atoms with Gasteiger partial charge in [-0.15, -0.1) is 5.17 Å². The Bertz CT molecular complexity index is 493. The summed E-state index contributed by atoms with van der Waals surface area (Å²) in [5.41, 5.74) is 1.01. The lowest BCUT2D eigenvalue weighted by Gasteiger charge is -2.29. The van der Waals surface area contributed by atoms with Gasteiger partial charge in [-0.25, -0.2) is 4.84 Å². The summed E-state index contributed by atoms with van der Waals surface area (Å²) in [6, 6.07) is 0. The van der Waals surface area contributed by atoms with Crippen LogP contribution >= 0.6 is 0 Å². The van der Waals surface area contributed by atoms with E-state index in [-0.39, 0.29) is 37.9 Å². The Morgan fingerprint density at radius 1 is 1.19 bits per heavy atom. The molecule has 0 N–H and O–H groups in total. The summed E-state index contributed by atoms with van der Waals surface area (Å²) in [6.45, 7) is 4.29. The molecule has 1 atom stereocenters. The molecule has 0 aromatic carbocycles. The zero-order valence-corrected chi connectivity index (χ0v) is 16.8. The van der Waals surface area contributed by atoms with Crippen LogP contribution in [0.25, 0.3) is 0 Å². The molecule has 0 aliphatic carbocycles. The van der Waals surface area contributed by atoms with Crippen LogP contribution in [0.5, 0.6) is 0 Å². The molecule has 0 aromatic rings.